The van der Waals surface area contributed by atoms with Crippen molar-refractivity contribution in [2.75, 3.05) is 18.0 Å². The lowest BCUT2D eigenvalue weighted by molar-refractivity contribution is 0.100. The minimum Gasteiger partial charge on any atom is -0.372 e. The summed E-state index contributed by atoms with van der Waals surface area (Å²) >= 11 is 0. The Morgan fingerprint density at radius 1 is 1.07 bits per heavy atom. The second-order valence-corrected chi connectivity index (χ2v) is 3.96. The Bertz CT molecular complexity index is 339. The number of amides is 1. The van der Waals surface area contributed by atoms with Crippen LogP contribution in [0, 0.1) is 0 Å². The molecular formula is C12H16N2O. The molecule has 1 fully saturated rings. The molecule has 1 heterocycles. The first-order valence-electron chi connectivity index (χ1n) is 5.42. The van der Waals surface area contributed by atoms with Gasteiger partial charge < -0.3 is 10.6 Å². The van der Waals surface area contributed by atoms with E-state index in [1.165, 1.54) is 24.9 Å². The molecule has 1 aliphatic rings. The van der Waals surface area contributed by atoms with Crippen molar-refractivity contribution in [3.05, 3.63) is 29.8 Å². The van der Waals surface area contributed by atoms with E-state index in [0.29, 0.717) is 5.56 Å². The van der Waals surface area contributed by atoms with Gasteiger partial charge >= 0.3 is 0 Å². The molecule has 2 N–H and O–H groups in total. The van der Waals surface area contributed by atoms with Crippen LogP contribution in [-0.2, 0) is 0 Å². The van der Waals surface area contributed by atoms with Gasteiger partial charge in [0.1, 0.15) is 0 Å². The Morgan fingerprint density at radius 2 is 1.67 bits per heavy atom. The molecule has 80 valence electrons. The van der Waals surface area contributed by atoms with Gasteiger partial charge in [0, 0.05) is 24.3 Å². The van der Waals surface area contributed by atoms with Gasteiger partial charge in [-0.05, 0) is 43.5 Å². The van der Waals surface area contributed by atoms with Crippen molar-refractivity contribution in [3.8, 4) is 0 Å². The van der Waals surface area contributed by atoms with Crippen LogP contribution in [0.2, 0.25) is 0 Å². The van der Waals surface area contributed by atoms with E-state index >= 15 is 0 Å². The summed E-state index contributed by atoms with van der Waals surface area (Å²) in [6.45, 7) is 2.24. The maximum atomic E-state index is 10.9. The summed E-state index contributed by atoms with van der Waals surface area (Å²) in [7, 11) is 0. The zero-order chi connectivity index (χ0) is 10.7. The molecular weight excluding hydrogens is 188 g/mol. The molecule has 0 aliphatic carbocycles. The van der Waals surface area contributed by atoms with Crippen molar-refractivity contribution in [1.29, 1.82) is 0 Å². The molecule has 0 unspecified atom stereocenters. The van der Waals surface area contributed by atoms with E-state index in [1.54, 1.807) is 12.1 Å². The monoisotopic (exact) mass is 204 g/mol. The lowest BCUT2D eigenvalue weighted by Crippen LogP contribution is -2.29. The number of primary amides is 1. The first kappa shape index (κ1) is 10.0. The molecule has 0 aromatic heterocycles. The number of benzene rings is 1. The number of rotatable bonds is 2. The van der Waals surface area contributed by atoms with Gasteiger partial charge in [-0.2, -0.15) is 0 Å². The average molecular weight is 204 g/mol. The normalized spacial score (nSPS) is 16.4. The number of hydrogen-bond acceptors (Lipinski definition) is 2. The second kappa shape index (κ2) is 4.34. The van der Waals surface area contributed by atoms with Crippen LogP contribution in [0.25, 0.3) is 0 Å². The molecule has 0 spiro atoms. The summed E-state index contributed by atoms with van der Waals surface area (Å²) in [5.74, 6) is -0.361. The molecule has 0 bridgehead atoms. The molecule has 3 nitrogen and oxygen atoms in total. The lowest BCUT2D eigenvalue weighted by Gasteiger charge is -2.28. The van der Waals surface area contributed by atoms with Gasteiger partial charge in [-0.15, -0.1) is 0 Å². The average Bonchev–Trinajstić information content (AvgIpc) is 2.30. The summed E-state index contributed by atoms with van der Waals surface area (Å²) in [4.78, 5) is 13.3. The van der Waals surface area contributed by atoms with Crippen LogP contribution in [0.15, 0.2) is 24.3 Å². The molecule has 15 heavy (non-hydrogen) atoms. The highest BCUT2D eigenvalue weighted by molar-refractivity contribution is 5.93. The number of anilines is 1. The SMILES string of the molecule is NC(=O)c1ccc(N2CCCCC2)cc1. The van der Waals surface area contributed by atoms with Gasteiger partial charge in [0.25, 0.3) is 0 Å². The summed E-state index contributed by atoms with van der Waals surface area (Å²) < 4.78 is 0. The summed E-state index contributed by atoms with van der Waals surface area (Å²) in [6, 6.07) is 7.55. The predicted octanol–water partition coefficient (Wildman–Crippen LogP) is 1.78. The minimum absolute atomic E-state index is 0.361. The van der Waals surface area contributed by atoms with E-state index < -0.39 is 0 Å². The quantitative estimate of drug-likeness (QED) is 0.798. The third-order valence-electron chi connectivity index (χ3n) is 2.87. The van der Waals surface area contributed by atoms with Gasteiger partial charge in [0.15, 0.2) is 0 Å². The number of nitrogens with two attached hydrogens (primary N) is 1. The van der Waals surface area contributed by atoms with Crippen molar-refractivity contribution in [2.24, 2.45) is 5.73 Å². The number of nitrogens with zero attached hydrogens (tertiary/aromatic N) is 1. The maximum absolute atomic E-state index is 10.9. The Hall–Kier alpha value is -1.51. The standard InChI is InChI=1S/C12H16N2O/c13-12(15)10-4-6-11(7-5-10)14-8-2-1-3-9-14/h4-7H,1-3,8-9H2,(H2,13,15). The van der Waals surface area contributed by atoms with Gasteiger partial charge in [-0.25, -0.2) is 0 Å². The zero-order valence-corrected chi connectivity index (χ0v) is 8.78. The predicted molar refractivity (Wildman–Crippen MR) is 61.0 cm³/mol. The fourth-order valence-corrected chi connectivity index (χ4v) is 1.99. The summed E-state index contributed by atoms with van der Waals surface area (Å²) in [5.41, 5.74) is 6.96. The number of carbonyl (C=O) groups is 1. The molecule has 2 rings (SSSR count). The maximum Gasteiger partial charge on any atom is 0.248 e. The van der Waals surface area contributed by atoms with Gasteiger partial charge in [-0.3, -0.25) is 4.79 Å². The topological polar surface area (TPSA) is 46.3 Å². The molecule has 1 amide bonds. The molecule has 1 saturated heterocycles. The molecule has 1 aromatic carbocycles. The Morgan fingerprint density at radius 3 is 2.20 bits per heavy atom. The highest BCUT2D eigenvalue weighted by Gasteiger charge is 2.10. The van der Waals surface area contributed by atoms with Crippen LogP contribution in [0.4, 0.5) is 5.69 Å². The first-order chi connectivity index (χ1) is 7.27. The van der Waals surface area contributed by atoms with Crippen molar-refractivity contribution in [1.82, 2.24) is 0 Å². The second-order valence-electron chi connectivity index (χ2n) is 3.96. The van der Waals surface area contributed by atoms with E-state index in [1.807, 2.05) is 12.1 Å². The zero-order valence-electron chi connectivity index (χ0n) is 8.78. The Kier molecular flexibility index (Phi) is 2.90. The van der Waals surface area contributed by atoms with Gasteiger partial charge in [0.2, 0.25) is 5.91 Å². The molecule has 1 aliphatic heterocycles. The van der Waals surface area contributed by atoms with Crippen LogP contribution in [0.3, 0.4) is 0 Å². The fourth-order valence-electron chi connectivity index (χ4n) is 1.99. The van der Waals surface area contributed by atoms with Crippen LogP contribution in [0.1, 0.15) is 29.6 Å². The molecule has 3 heteroatoms. The highest BCUT2D eigenvalue weighted by Crippen LogP contribution is 2.19. The smallest absolute Gasteiger partial charge is 0.248 e. The molecule has 0 radical (unpaired) electrons. The Balaban J connectivity index is 2.11. The minimum atomic E-state index is -0.361. The third kappa shape index (κ3) is 2.29. The number of hydrogen-bond donors (Lipinski definition) is 1. The molecule has 0 atom stereocenters. The molecule has 1 aromatic rings. The highest BCUT2D eigenvalue weighted by atomic mass is 16.1. The van der Waals surface area contributed by atoms with E-state index in [4.69, 9.17) is 5.73 Å². The summed E-state index contributed by atoms with van der Waals surface area (Å²) in [5, 5.41) is 0. The third-order valence-corrected chi connectivity index (χ3v) is 2.87. The summed E-state index contributed by atoms with van der Waals surface area (Å²) in [6.07, 6.45) is 3.85. The van der Waals surface area contributed by atoms with Gasteiger partial charge in [0.05, 0.1) is 0 Å². The number of piperidine rings is 1. The van der Waals surface area contributed by atoms with Crippen LogP contribution in [0.5, 0.6) is 0 Å². The Labute approximate surface area is 89.9 Å². The molecule has 0 saturated carbocycles. The first-order valence-corrected chi connectivity index (χ1v) is 5.42. The fraction of sp³-hybridized carbons (Fsp3) is 0.417. The van der Waals surface area contributed by atoms with Crippen molar-refractivity contribution in [3.63, 3.8) is 0 Å². The number of carbonyl (C=O) groups excluding carboxylic acids is 1. The van der Waals surface area contributed by atoms with Gasteiger partial charge in [-0.1, -0.05) is 0 Å². The van der Waals surface area contributed by atoms with Crippen LogP contribution < -0.4 is 10.6 Å². The van der Waals surface area contributed by atoms with E-state index in [9.17, 15) is 4.79 Å². The largest absolute Gasteiger partial charge is 0.372 e. The van der Waals surface area contributed by atoms with E-state index in [2.05, 4.69) is 4.90 Å². The van der Waals surface area contributed by atoms with Crippen molar-refractivity contribution >= 4 is 11.6 Å². The van der Waals surface area contributed by atoms with Crippen molar-refractivity contribution in [2.45, 2.75) is 19.3 Å². The van der Waals surface area contributed by atoms with Crippen LogP contribution in [-0.4, -0.2) is 19.0 Å². The lowest BCUT2D eigenvalue weighted by atomic mass is 10.1. The van der Waals surface area contributed by atoms with Crippen molar-refractivity contribution < 1.29 is 4.79 Å². The van der Waals surface area contributed by atoms with E-state index in [0.717, 1.165) is 13.1 Å². The van der Waals surface area contributed by atoms with Crippen LogP contribution >= 0.6 is 0 Å². The van der Waals surface area contributed by atoms with E-state index in [-0.39, 0.29) is 5.91 Å².